The number of amides is 2. The van der Waals surface area contributed by atoms with E-state index in [1.807, 2.05) is 0 Å². The van der Waals surface area contributed by atoms with Crippen LogP contribution in [0.25, 0.3) is 0 Å². The van der Waals surface area contributed by atoms with Gasteiger partial charge in [0, 0.05) is 0 Å². The smallest absolute Gasteiger partial charge is 0.263 e. The highest BCUT2D eigenvalue weighted by molar-refractivity contribution is 6.55. The fraction of sp³-hybridized carbons (Fsp3) is 0.182. The van der Waals surface area contributed by atoms with E-state index in [1.165, 1.54) is 6.92 Å². The topological polar surface area (TPSA) is 54.5 Å². The van der Waals surface area contributed by atoms with Crippen molar-refractivity contribution in [2.24, 2.45) is 0 Å². The summed E-state index contributed by atoms with van der Waals surface area (Å²) in [6.45, 7) is 0.904. The average Bonchev–Trinajstić information content (AvgIpc) is 2.58. The number of Topliss-reactive ketones (excluding diaryl/α,β-unsaturated/α-hetero) is 1. The molecule has 2 rings (SSSR count). The number of rotatable bonds is 2. The summed E-state index contributed by atoms with van der Waals surface area (Å²) in [5.74, 6) is -1.76. The van der Waals surface area contributed by atoms with E-state index in [1.54, 1.807) is 0 Å². The molecule has 0 spiro atoms. The van der Waals surface area contributed by atoms with E-state index >= 15 is 0 Å². The maximum absolute atomic E-state index is 12.1. The number of ketones is 1. The predicted octanol–water partition coefficient (Wildman–Crippen LogP) is 3.49. The van der Waals surface area contributed by atoms with Crippen LogP contribution in [0.3, 0.4) is 0 Å². The van der Waals surface area contributed by atoms with Crippen LogP contribution >= 0.6 is 46.4 Å². The SMILES string of the molecule is CC(=O)CN1C(=O)c2c(Cl)c(Cl)c(Cl)c(Cl)c2C1=O. The third-order valence-corrected chi connectivity index (χ3v) is 4.37. The number of fused-ring (bicyclic) bond motifs is 1. The van der Waals surface area contributed by atoms with Gasteiger partial charge in [-0.2, -0.15) is 0 Å². The minimum absolute atomic E-state index is 0.0992. The first-order chi connectivity index (χ1) is 8.77. The third-order valence-electron chi connectivity index (χ3n) is 2.57. The molecule has 8 heteroatoms. The van der Waals surface area contributed by atoms with Crippen LogP contribution in [0.15, 0.2) is 0 Å². The first-order valence-corrected chi connectivity index (χ1v) is 6.50. The number of halogens is 4. The van der Waals surface area contributed by atoms with Crippen molar-refractivity contribution in [3.05, 3.63) is 31.2 Å². The van der Waals surface area contributed by atoms with Gasteiger partial charge in [0.25, 0.3) is 11.8 Å². The molecule has 19 heavy (non-hydrogen) atoms. The number of carbonyl (C=O) groups excluding carboxylic acids is 3. The number of hydrogen-bond acceptors (Lipinski definition) is 3. The molecule has 0 atom stereocenters. The van der Waals surface area contributed by atoms with Crippen molar-refractivity contribution >= 4 is 64.0 Å². The molecule has 2 amide bonds. The van der Waals surface area contributed by atoms with Gasteiger partial charge in [0.15, 0.2) is 0 Å². The Balaban J connectivity index is 2.69. The van der Waals surface area contributed by atoms with Gasteiger partial charge in [0.2, 0.25) is 0 Å². The summed E-state index contributed by atoms with van der Waals surface area (Å²) in [4.78, 5) is 36.0. The lowest BCUT2D eigenvalue weighted by Crippen LogP contribution is -2.34. The fourth-order valence-electron chi connectivity index (χ4n) is 1.76. The molecule has 0 N–H and O–H groups in total. The molecular weight excluding hydrogens is 336 g/mol. The molecule has 4 nitrogen and oxygen atoms in total. The van der Waals surface area contributed by atoms with E-state index in [0.717, 1.165) is 4.90 Å². The molecule has 0 fully saturated rings. The number of imide groups is 1. The van der Waals surface area contributed by atoms with Crippen LogP contribution in [0.4, 0.5) is 0 Å². The second-order valence-electron chi connectivity index (χ2n) is 3.90. The predicted molar refractivity (Wildman–Crippen MR) is 72.5 cm³/mol. The summed E-state index contributed by atoms with van der Waals surface area (Å²) in [6.07, 6.45) is 0. The van der Waals surface area contributed by atoms with E-state index in [9.17, 15) is 14.4 Å². The highest BCUT2D eigenvalue weighted by atomic mass is 35.5. The zero-order valence-electron chi connectivity index (χ0n) is 9.39. The van der Waals surface area contributed by atoms with Gasteiger partial charge in [-0.1, -0.05) is 46.4 Å². The minimum atomic E-state index is -0.708. The van der Waals surface area contributed by atoms with Crippen LogP contribution in [0.1, 0.15) is 27.6 Å². The Morgan fingerprint density at radius 3 is 1.58 bits per heavy atom. The molecule has 0 radical (unpaired) electrons. The van der Waals surface area contributed by atoms with Gasteiger partial charge in [-0.15, -0.1) is 0 Å². The van der Waals surface area contributed by atoms with Crippen molar-refractivity contribution in [2.45, 2.75) is 6.92 Å². The maximum atomic E-state index is 12.1. The van der Waals surface area contributed by atoms with E-state index in [0.29, 0.717) is 0 Å². The Kier molecular flexibility index (Phi) is 3.80. The van der Waals surface area contributed by atoms with Crippen LogP contribution in [0.2, 0.25) is 20.1 Å². The molecule has 0 saturated heterocycles. The number of benzene rings is 1. The Bertz CT molecular complexity index is 595. The molecule has 0 saturated carbocycles. The van der Waals surface area contributed by atoms with Gasteiger partial charge in [-0.05, 0) is 6.92 Å². The van der Waals surface area contributed by atoms with Crippen LogP contribution in [-0.4, -0.2) is 29.0 Å². The molecule has 0 aliphatic carbocycles. The minimum Gasteiger partial charge on any atom is -0.298 e. The summed E-state index contributed by atoms with van der Waals surface area (Å²) >= 11 is 23.5. The van der Waals surface area contributed by atoms with E-state index in [4.69, 9.17) is 46.4 Å². The monoisotopic (exact) mass is 339 g/mol. The molecule has 1 aromatic carbocycles. The Labute approximate surface area is 128 Å². The molecule has 0 aromatic heterocycles. The lowest BCUT2D eigenvalue weighted by molar-refractivity contribution is -0.117. The summed E-state index contributed by atoms with van der Waals surface area (Å²) in [5.41, 5.74) is -0.236. The van der Waals surface area contributed by atoms with Gasteiger partial charge in [-0.25, -0.2) is 0 Å². The van der Waals surface area contributed by atoms with E-state index in [-0.39, 0.29) is 43.5 Å². The Morgan fingerprint density at radius 2 is 1.26 bits per heavy atom. The molecule has 1 aliphatic rings. The molecule has 100 valence electrons. The molecule has 1 heterocycles. The average molecular weight is 341 g/mol. The molecular formula is C11H5Cl4NO3. The Hall–Kier alpha value is -0.810. The van der Waals surface area contributed by atoms with Crippen molar-refractivity contribution in [1.82, 2.24) is 4.90 Å². The lowest BCUT2D eigenvalue weighted by atomic mass is 10.1. The number of carbonyl (C=O) groups is 3. The van der Waals surface area contributed by atoms with Gasteiger partial charge in [0.1, 0.15) is 5.78 Å². The summed E-state index contributed by atoms with van der Waals surface area (Å²) in [5, 5.41) is -0.484. The van der Waals surface area contributed by atoms with Gasteiger partial charge in [-0.3, -0.25) is 19.3 Å². The van der Waals surface area contributed by atoms with E-state index < -0.39 is 11.8 Å². The molecule has 0 bridgehead atoms. The van der Waals surface area contributed by atoms with Gasteiger partial charge < -0.3 is 0 Å². The largest absolute Gasteiger partial charge is 0.298 e. The van der Waals surface area contributed by atoms with E-state index in [2.05, 4.69) is 0 Å². The van der Waals surface area contributed by atoms with Crippen LogP contribution < -0.4 is 0 Å². The second kappa shape index (κ2) is 4.94. The first kappa shape index (κ1) is 14.6. The summed E-state index contributed by atoms with van der Waals surface area (Å²) in [6, 6.07) is 0. The molecule has 1 aromatic rings. The van der Waals surface area contributed by atoms with Crippen molar-refractivity contribution < 1.29 is 14.4 Å². The maximum Gasteiger partial charge on any atom is 0.263 e. The van der Waals surface area contributed by atoms with Crippen molar-refractivity contribution in [1.29, 1.82) is 0 Å². The third kappa shape index (κ3) is 2.13. The number of nitrogens with zero attached hydrogens (tertiary/aromatic N) is 1. The molecule has 1 aliphatic heterocycles. The quantitative estimate of drug-likeness (QED) is 0.470. The summed E-state index contributed by atoms with van der Waals surface area (Å²) < 4.78 is 0. The standard InChI is InChI=1S/C11H5Cl4NO3/c1-3(17)2-16-10(18)4-5(11(16)19)7(13)9(15)8(14)6(4)12/h2H2,1H3. The zero-order valence-corrected chi connectivity index (χ0v) is 12.4. The highest BCUT2D eigenvalue weighted by Crippen LogP contribution is 2.44. The summed E-state index contributed by atoms with van der Waals surface area (Å²) in [7, 11) is 0. The van der Waals surface area contributed by atoms with Crippen LogP contribution in [-0.2, 0) is 4.79 Å². The van der Waals surface area contributed by atoms with Gasteiger partial charge in [0.05, 0.1) is 37.8 Å². The molecule has 0 unspecified atom stereocenters. The van der Waals surface area contributed by atoms with Gasteiger partial charge >= 0.3 is 0 Å². The van der Waals surface area contributed by atoms with Crippen molar-refractivity contribution in [3.63, 3.8) is 0 Å². The van der Waals surface area contributed by atoms with Crippen LogP contribution in [0.5, 0.6) is 0 Å². The normalized spacial score (nSPS) is 14.1. The fourth-order valence-corrected chi connectivity index (χ4v) is 2.78. The lowest BCUT2D eigenvalue weighted by Gasteiger charge is -2.10. The first-order valence-electron chi connectivity index (χ1n) is 4.99. The highest BCUT2D eigenvalue weighted by Gasteiger charge is 2.41. The number of hydrogen-bond donors (Lipinski definition) is 0. The van der Waals surface area contributed by atoms with Crippen molar-refractivity contribution in [2.75, 3.05) is 6.54 Å². The van der Waals surface area contributed by atoms with Crippen LogP contribution in [0, 0.1) is 0 Å². The Morgan fingerprint density at radius 1 is 0.895 bits per heavy atom. The zero-order chi connectivity index (χ0) is 14.5. The second-order valence-corrected chi connectivity index (χ2v) is 5.42. The van der Waals surface area contributed by atoms with Crippen molar-refractivity contribution in [3.8, 4) is 0 Å².